The van der Waals surface area contributed by atoms with E-state index in [1.54, 1.807) is 4.90 Å². The molecule has 1 heterocycles. The zero-order valence-electron chi connectivity index (χ0n) is 16.0. The summed E-state index contributed by atoms with van der Waals surface area (Å²) in [6.45, 7) is 6.60. The van der Waals surface area contributed by atoms with Crippen molar-refractivity contribution in [3.05, 3.63) is 17.0 Å². The molecule has 4 aliphatic carbocycles. The molecule has 1 unspecified atom stereocenters. The first-order chi connectivity index (χ1) is 11.9. The van der Waals surface area contributed by atoms with Gasteiger partial charge in [0.25, 0.3) is 0 Å². The number of aryl methyl sites for hydroxylation is 2. The van der Waals surface area contributed by atoms with Crippen molar-refractivity contribution in [3.63, 3.8) is 0 Å². The van der Waals surface area contributed by atoms with Gasteiger partial charge in [0.2, 0.25) is 0 Å². The zero-order valence-corrected chi connectivity index (χ0v) is 16.0. The quantitative estimate of drug-likeness (QED) is 0.896. The Hall–Kier alpha value is -1.52. The Morgan fingerprint density at radius 1 is 1.24 bits per heavy atom. The standard InChI is InChI=1S/C20H31N3O2/c1-12-18(13(2)25-22-12)11-23(4)19(24)21-14(3)20-8-15-5-16(9-20)7-17(6-15)10-20/h14-17H,5-11H2,1-4H3,(H,21,24). The molecule has 4 saturated carbocycles. The van der Waals surface area contributed by atoms with Crippen molar-refractivity contribution in [1.29, 1.82) is 0 Å². The molecule has 4 bridgehead atoms. The van der Waals surface area contributed by atoms with Crippen LogP contribution in [0.3, 0.4) is 0 Å². The third kappa shape index (κ3) is 2.96. The molecule has 5 nitrogen and oxygen atoms in total. The number of carbonyl (C=O) groups is 1. The molecular formula is C20H31N3O2. The average molecular weight is 345 g/mol. The normalized spacial score (nSPS) is 34.2. The Kier molecular flexibility index (Phi) is 4.08. The van der Waals surface area contributed by atoms with Crippen molar-refractivity contribution < 1.29 is 9.32 Å². The molecule has 25 heavy (non-hydrogen) atoms. The van der Waals surface area contributed by atoms with Gasteiger partial charge in [0.05, 0.1) is 12.2 Å². The van der Waals surface area contributed by atoms with E-state index in [2.05, 4.69) is 17.4 Å². The van der Waals surface area contributed by atoms with E-state index in [4.69, 9.17) is 4.52 Å². The van der Waals surface area contributed by atoms with Crippen molar-refractivity contribution in [2.75, 3.05) is 7.05 Å². The second-order valence-corrected chi connectivity index (χ2v) is 9.11. The van der Waals surface area contributed by atoms with Crippen LogP contribution in [0.15, 0.2) is 4.52 Å². The van der Waals surface area contributed by atoms with E-state index < -0.39 is 0 Å². The Bertz CT molecular complexity index is 611. The molecule has 0 aliphatic heterocycles. The van der Waals surface area contributed by atoms with E-state index in [1.165, 1.54) is 38.5 Å². The van der Waals surface area contributed by atoms with E-state index in [1.807, 2.05) is 20.9 Å². The monoisotopic (exact) mass is 345 g/mol. The maximum absolute atomic E-state index is 12.8. The molecule has 1 aromatic rings. The summed E-state index contributed by atoms with van der Waals surface area (Å²) in [4.78, 5) is 14.5. The zero-order chi connectivity index (χ0) is 17.8. The highest BCUT2D eigenvalue weighted by Gasteiger charge is 2.53. The molecule has 1 atom stereocenters. The summed E-state index contributed by atoms with van der Waals surface area (Å²) >= 11 is 0. The molecular weight excluding hydrogens is 314 g/mol. The first-order valence-electron chi connectivity index (χ1n) is 9.79. The summed E-state index contributed by atoms with van der Waals surface area (Å²) in [6.07, 6.45) is 8.25. The lowest BCUT2D eigenvalue weighted by Crippen LogP contribution is -2.57. The molecule has 1 N–H and O–H groups in total. The molecule has 4 fully saturated rings. The van der Waals surface area contributed by atoms with Gasteiger partial charge in [0, 0.05) is 18.7 Å². The molecule has 138 valence electrons. The van der Waals surface area contributed by atoms with Crippen LogP contribution in [0.5, 0.6) is 0 Å². The number of amides is 2. The van der Waals surface area contributed by atoms with Crippen molar-refractivity contribution in [1.82, 2.24) is 15.4 Å². The minimum Gasteiger partial charge on any atom is -0.361 e. The van der Waals surface area contributed by atoms with Crippen LogP contribution in [0.1, 0.15) is 62.5 Å². The summed E-state index contributed by atoms with van der Waals surface area (Å²) in [5, 5.41) is 7.31. The van der Waals surface area contributed by atoms with Gasteiger partial charge in [-0.1, -0.05) is 5.16 Å². The third-order valence-corrected chi connectivity index (χ3v) is 7.27. The second kappa shape index (κ2) is 6.03. The summed E-state index contributed by atoms with van der Waals surface area (Å²) < 4.78 is 5.21. The van der Waals surface area contributed by atoms with E-state index in [0.29, 0.717) is 12.0 Å². The van der Waals surface area contributed by atoms with Crippen LogP contribution in [0.2, 0.25) is 0 Å². The highest BCUT2D eigenvalue weighted by molar-refractivity contribution is 5.74. The Balaban J connectivity index is 1.40. The smallest absolute Gasteiger partial charge is 0.317 e. The van der Waals surface area contributed by atoms with Crippen LogP contribution < -0.4 is 5.32 Å². The van der Waals surface area contributed by atoms with Gasteiger partial charge in [-0.2, -0.15) is 0 Å². The maximum atomic E-state index is 12.8. The number of nitrogens with one attached hydrogen (secondary N) is 1. The molecule has 0 aromatic carbocycles. The number of hydrogen-bond acceptors (Lipinski definition) is 3. The fourth-order valence-electron chi connectivity index (χ4n) is 6.19. The highest BCUT2D eigenvalue weighted by atomic mass is 16.5. The van der Waals surface area contributed by atoms with Gasteiger partial charge in [0.1, 0.15) is 5.76 Å². The van der Waals surface area contributed by atoms with Gasteiger partial charge in [-0.05, 0) is 82.5 Å². The summed E-state index contributed by atoms with van der Waals surface area (Å²) in [6, 6.07) is 0.267. The summed E-state index contributed by atoms with van der Waals surface area (Å²) in [7, 11) is 1.85. The second-order valence-electron chi connectivity index (χ2n) is 9.11. The molecule has 5 rings (SSSR count). The van der Waals surface area contributed by atoms with Crippen molar-refractivity contribution in [2.24, 2.45) is 23.2 Å². The number of carbonyl (C=O) groups excluding carboxylic acids is 1. The predicted octanol–water partition coefficient (Wildman–Crippen LogP) is 4.04. The van der Waals surface area contributed by atoms with Crippen LogP contribution in [-0.4, -0.2) is 29.2 Å². The van der Waals surface area contributed by atoms with Gasteiger partial charge in [-0.15, -0.1) is 0 Å². The average Bonchev–Trinajstić information content (AvgIpc) is 2.85. The predicted molar refractivity (Wildman–Crippen MR) is 96.0 cm³/mol. The van der Waals surface area contributed by atoms with Gasteiger partial charge in [-0.3, -0.25) is 0 Å². The van der Waals surface area contributed by atoms with Crippen LogP contribution >= 0.6 is 0 Å². The topological polar surface area (TPSA) is 58.4 Å². The van der Waals surface area contributed by atoms with Crippen molar-refractivity contribution in [2.45, 2.75) is 71.9 Å². The summed E-state index contributed by atoms with van der Waals surface area (Å²) in [5.74, 6) is 3.52. The number of nitrogens with zero attached hydrogens (tertiary/aromatic N) is 2. The minimum absolute atomic E-state index is 0.0169. The van der Waals surface area contributed by atoms with Crippen LogP contribution in [-0.2, 0) is 6.54 Å². The molecule has 2 amide bonds. The molecule has 0 spiro atoms. The molecule has 0 saturated heterocycles. The largest absolute Gasteiger partial charge is 0.361 e. The number of rotatable bonds is 4. The van der Waals surface area contributed by atoms with Crippen LogP contribution in [0.25, 0.3) is 0 Å². The number of aromatic nitrogens is 1. The van der Waals surface area contributed by atoms with Crippen molar-refractivity contribution >= 4 is 6.03 Å². The Labute approximate surface area is 150 Å². The Morgan fingerprint density at radius 3 is 2.28 bits per heavy atom. The number of urea groups is 1. The molecule has 4 aliphatic rings. The van der Waals surface area contributed by atoms with Crippen LogP contribution in [0.4, 0.5) is 4.79 Å². The van der Waals surface area contributed by atoms with Gasteiger partial charge in [0.15, 0.2) is 0 Å². The lowest BCUT2D eigenvalue weighted by atomic mass is 9.48. The molecule has 1 aromatic heterocycles. The lowest BCUT2D eigenvalue weighted by Gasteiger charge is -2.59. The van der Waals surface area contributed by atoms with E-state index in [-0.39, 0.29) is 12.1 Å². The highest BCUT2D eigenvalue weighted by Crippen LogP contribution is 2.61. The van der Waals surface area contributed by atoms with Gasteiger partial charge >= 0.3 is 6.03 Å². The van der Waals surface area contributed by atoms with E-state index in [0.717, 1.165) is 34.8 Å². The van der Waals surface area contributed by atoms with E-state index >= 15 is 0 Å². The fourth-order valence-corrected chi connectivity index (χ4v) is 6.19. The van der Waals surface area contributed by atoms with Gasteiger partial charge in [-0.25, -0.2) is 4.79 Å². The van der Waals surface area contributed by atoms with E-state index in [9.17, 15) is 4.79 Å². The molecule has 5 heteroatoms. The first-order valence-corrected chi connectivity index (χ1v) is 9.79. The maximum Gasteiger partial charge on any atom is 0.317 e. The fraction of sp³-hybridized carbons (Fsp3) is 0.800. The molecule has 0 radical (unpaired) electrons. The number of hydrogen-bond donors (Lipinski definition) is 1. The Morgan fingerprint density at radius 2 is 1.80 bits per heavy atom. The summed E-state index contributed by atoms with van der Waals surface area (Å²) in [5.41, 5.74) is 2.22. The third-order valence-electron chi connectivity index (χ3n) is 7.27. The SMILES string of the molecule is Cc1noc(C)c1CN(C)C(=O)NC(C)C12CC3CC(CC(C3)C1)C2. The first kappa shape index (κ1) is 16.9. The minimum atomic E-state index is 0.0169. The lowest BCUT2D eigenvalue weighted by molar-refractivity contribution is -0.0687. The van der Waals surface area contributed by atoms with Gasteiger partial charge < -0.3 is 14.7 Å². The van der Waals surface area contributed by atoms with Crippen molar-refractivity contribution in [3.8, 4) is 0 Å². The van der Waals surface area contributed by atoms with Crippen LogP contribution in [0, 0.1) is 37.0 Å².